The first-order valence-corrected chi connectivity index (χ1v) is 7.81. The lowest BCUT2D eigenvalue weighted by atomic mass is 10.2. The number of nitrogens with zero attached hydrogens (tertiary/aromatic N) is 1. The van der Waals surface area contributed by atoms with Gasteiger partial charge in [-0.1, -0.05) is 0 Å². The third kappa shape index (κ3) is 4.27. The Morgan fingerprint density at radius 1 is 1.41 bits per heavy atom. The second-order valence-corrected chi connectivity index (χ2v) is 5.30. The van der Waals surface area contributed by atoms with E-state index < -0.39 is 0 Å². The van der Waals surface area contributed by atoms with Crippen molar-refractivity contribution < 1.29 is 14.3 Å². The molecule has 22 heavy (non-hydrogen) atoms. The van der Waals surface area contributed by atoms with E-state index in [0.29, 0.717) is 32.0 Å². The first-order valence-electron chi connectivity index (χ1n) is 7.27. The normalized spacial score (nSPS) is 17.5. The van der Waals surface area contributed by atoms with Gasteiger partial charge in [-0.15, -0.1) is 11.6 Å². The minimum absolute atomic E-state index is 0.00759. The van der Waals surface area contributed by atoms with Crippen LogP contribution in [0.4, 0.5) is 10.5 Å². The highest BCUT2D eigenvalue weighted by Crippen LogP contribution is 2.24. The number of amides is 3. The standard InChI is InChI=1S/C15H20ClN3O3/c1-2-22-13-5-3-12(4-6-13)19-10-11(9-14(19)20)18-15(21)17-8-7-16/h3-6,11H,2,7-10H2,1H3,(H2,17,18,21). The van der Waals surface area contributed by atoms with Gasteiger partial charge in [0.2, 0.25) is 5.91 Å². The van der Waals surface area contributed by atoms with Crippen molar-refractivity contribution in [1.29, 1.82) is 0 Å². The molecule has 1 aromatic rings. The summed E-state index contributed by atoms with van der Waals surface area (Å²) in [7, 11) is 0. The van der Waals surface area contributed by atoms with Gasteiger partial charge < -0.3 is 20.3 Å². The number of hydrogen-bond acceptors (Lipinski definition) is 3. The fraction of sp³-hybridized carbons (Fsp3) is 0.467. The monoisotopic (exact) mass is 325 g/mol. The Balaban J connectivity index is 1.93. The fourth-order valence-corrected chi connectivity index (χ4v) is 2.43. The predicted molar refractivity (Wildman–Crippen MR) is 85.6 cm³/mol. The molecule has 0 spiro atoms. The molecule has 1 heterocycles. The summed E-state index contributed by atoms with van der Waals surface area (Å²) in [5.41, 5.74) is 0.805. The van der Waals surface area contributed by atoms with Crippen LogP contribution < -0.4 is 20.3 Å². The topological polar surface area (TPSA) is 70.7 Å². The van der Waals surface area contributed by atoms with E-state index in [2.05, 4.69) is 10.6 Å². The summed E-state index contributed by atoms with van der Waals surface area (Å²) < 4.78 is 5.38. The third-order valence-corrected chi connectivity index (χ3v) is 3.49. The zero-order valence-electron chi connectivity index (χ0n) is 12.5. The third-order valence-electron chi connectivity index (χ3n) is 3.30. The minimum Gasteiger partial charge on any atom is -0.494 e. The van der Waals surface area contributed by atoms with Crippen LogP contribution in [0.2, 0.25) is 0 Å². The van der Waals surface area contributed by atoms with Crippen LogP contribution in [-0.2, 0) is 4.79 Å². The maximum absolute atomic E-state index is 12.1. The summed E-state index contributed by atoms with van der Waals surface area (Å²) in [6.07, 6.45) is 0.293. The lowest BCUT2D eigenvalue weighted by Crippen LogP contribution is -2.43. The molecule has 1 fully saturated rings. The van der Waals surface area contributed by atoms with Crippen LogP contribution in [0.15, 0.2) is 24.3 Å². The molecule has 1 aromatic carbocycles. The molecule has 2 rings (SSSR count). The Bertz CT molecular complexity index is 521. The van der Waals surface area contributed by atoms with E-state index in [4.69, 9.17) is 16.3 Å². The SMILES string of the molecule is CCOc1ccc(N2CC(NC(=O)NCCCl)CC2=O)cc1. The minimum atomic E-state index is -0.299. The zero-order valence-corrected chi connectivity index (χ0v) is 13.2. The number of benzene rings is 1. The van der Waals surface area contributed by atoms with Gasteiger partial charge in [-0.25, -0.2) is 4.79 Å². The van der Waals surface area contributed by atoms with Crippen LogP contribution in [0.3, 0.4) is 0 Å². The van der Waals surface area contributed by atoms with Crippen LogP contribution in [0.1, 0.15) is 13.3 Å². The molecule has 0 aromatic heterocycles. The molecule has 2 N–H and O–H groups in total. The highest BCUT2D eigenvalue weighted by atomic mass is 35.5. The number of hydrogen-bond donors (Lipinski definition) is 2. The van der Waals surface area contributed by atoms with Crippen molar-refractivity contribution in [1.82, 2.24) is 10.6 Å². The van der Waals surface area contributed by atoms with Crippen molar-refractivity contribution >= 4 is 29.2 Å². The number of urea groups is 1. The number of alkyl halides is 1. The molecule has 0 radical (unpaired) electrons. The summed E-state index contributed by atoms with van der Waals surface area (Å²) in [5.74, 6) is 1.12. The molecule has 1 aliphatic heterocycles. The van der Waals surface area contributed by atoms with Crippen LogP contribution in [0.5, 0.6) is 5.75 Å². The molecule has 7 heteroatoms. The van der Waals surface area contributed by atoms with Gasteiger partial charge in [0, 0.05) is 31.1 Å². The number of halogens is 1. The Kier molecular flexibility index (Phi) is 5.89. The van der Waals surface area contributed by atoms with Gasteiger partial charge in [0.1, 0.15) is 5.75 Å². The first kappa shape index (κ1) is 16.4. The van der Waals surface area contributed by atoms with Crippen LogP contribution in [-0.4, -0.2) is 43.6 Å². The van der Waals surface area contributed by atoms with Gasteiger partial charge in [-0.2, -0.15) is 0 Å². The number of carbonyl (C=O) groups excluding carboxylic acids is 2. The molecule has 1 unspecified atom stereocenters. The number of anilines is 1. The van der Waals surface area contributed by atoms with E-state index in [1.807, 2.05) is 31.2 Å². The van der Waals surface area contributed by atoms with Crippen molar-refractivity contribution in [2.45, 2.75) is 19.4 Å². The Labute approximate surface area is 134 Å². The summed E-state index contributed by atoms with van der Waals surface area (Å²) >= 11 is 5.51. The van der Waals surface area contributed by atoms with Crippen molar-refractivity contribution in [3.8, 4) is 5.75 Å². The van der Waals surface area contributed by atoms with Gasteiger partial charge in [-0.3, -0.25) is 4.79 Å². The summed E-state index contributed by atoms with van der Waals surface area (Å²) in [6, 6.07) is 6.86. The maximum Gasteiger partial charge on any atom is 0.315 e. The molecule has 1 aliphatic rings. The number of ether oxygens (including phenoxy) is 1. The fourth-order valence-electron chi connectivity index (χ4n) is 2.34. The second-order valence-electron chi connectivity index (χ2n) is 4.92. The molecule has 120 valence electrons. The average Bonchev–Trinajstić information content (AvgIpc) is 2.87. The Morgan fingerprint density at radius 3 is 2.77 bits per heavy atom. The Morgan fingerprint density at radius 2 is 2.14 bits per heavy atom. The molecule has 1 atom stereocenters. The summed E-state index contributed by atoms with van der Waals surface area (Å²) in [5, 5.41) is 5.40. The van der Waals surface area contributed by atoms with E-state index in [1.165, 1.54) is 0 Å². The van der Waals surface area contributed by atoms with E-state index in [0.717, 1.165) is 11.4 Å². The van der Waals surface area contributed by atoms with E-state index in [9.17, 15) is 9.59 Å². The number of nitrogens with one attached hydrogen (secondary N) is 2. The molecule has 3 amide bonds. The molecule has 1 saturated heterocycles. The van der Waals surface area contributed by atoms with Crippen molar-refractivity contribution in [2.24, 2.45) is 0 Å². The molecule has 0 saturated carbocycles. The van der Waals surface area contributed by atoms with Crippen LogP contribution >= 0.6 is 11.6 Å². The average molecular weight is 326 g/mol. The molecular weight excluding hydrogens is 306 g/mol. The van der Waals surface area contributed by atoms with Gasteiger partial charge in [0.05, 0.1) is 12.6 Å². The summed E-state index contributed by atoms with van der Waals surface area (Å²) in [4.78, 5) is 25.4. The highest BCUT2D eigenvalue weighted by Gasteiger charge is 2.31. The van der Waals surface area contributed by atoms with Crippen molar-refractivity contribution in [3.63, 3.8) is 0 Å². The molecule has 0 aliphatic carbocycles. The van der Waals surface area contributed by atoms with E-state index >= 15 is 0 Å². The van der Waals surface area contributed by atoms with Crippen LogP contribution in [0.25, 0.3) is 0 Å². The van der Waals surface area contributed by atoms with E-state index in [1.54, 1.807) is 4.90 Å². The second kappa shape index (κ2) is 7.89. The lowest BCUT2D eigenvalue weighted by Gasteiger charge is -2.17. The first-order chi connectivity index (χ1) is 10.6. The summed E-state index contributed by atoms with van der Waals surface area (Å²) in [6.45, 7) is 3.38. The maximum atomic E-state index is 12.1. The van der Waals surface area contributed by atoms with Gasteiger partial charge in [0.15, 0.2) is 0 Å². The van der Waals surface area contributed by atoms with Crippen molar-refractivity contribution in [2.75, 3.05) is 30.5 Å². The largest absolute Gasteiger partial charge is 0.494 e. The zero-order chi connectivity index (χ0) is 15.9. The number of rotatable bonds is 6. The highest BCUT2D eigenvalue weighted by molar-refractivity contribution is 6.18. The van der Waals surface area contributed by atoms with E-state index in [-0.39, 0.29) is 18.0 Å². The molecule has 0 bridgehead atoms. The lowest BCUT2D eigenvalue weighted by molar-refractivity contribution is -0.117. The van der Waals surface area contributed by atoms with Gasteiger partial charge in [0.25, 0.3) is 0 Å². The predicted octanol–water partition coefficient (Wildman–Crippen LogP) is 1.73. The van der Waals surface area contributed by atoms with Crippen LogP contribution in [0, 0.1) is 0 Å². The Hall–Kier alpha value is -1.95. The van der Waals surface area contributed by atoms with Crippen molar-refractivity contribution in [3.05, 3.63) is 24.3 Å². The van der Waals surface area contributed by atoms with Gasteiger partial charge >= 0.3 is 6.03 Å². The number of carbonyl (C=O) groups is 2. The smallest absolute Gasteiger partial charge is 0.315 e. The van der Waals surface area contributed by atoms with Gasteiger partial charge in [-0.05, 0) is 31.2 Å². The quantitative estimate of drug-likeness (QED) is 0.782. The molecular formula is C15H20ClN3O3. The molecule has 6 nitrogen and oxygen atoms in total.